The van der Waals surface area contributed by atoms with Gasteiger partial charge in [-0.2, -0.15) is 0 Å². The molecule has 2 N–H and O–H groups in total. The van der Waals surface area contributed by atoms with E-state index in [1.165, 1.54) is 0 Å². The topological polar surface area (TPSA) is 78.3 Å². The summed E-state index contributed by atoms with van der Waals surface area (Å²) < 4.78 is 1.61. The van der Waals surface area contributed by atoms with Crippen LogP contribution in [0.2, 0.25) is 5.02 Å². The van der Waals surface area contributed by atoms with Crippen LogP contribution in [0.25, 0.3) is 10.9 Å². The molecule has 2 aromatic carbocycles. The molecule has 1 aliphatic rings. The number of hydrogen-bond acceptors (Lipinski definition) is 4. The van der Waals surface area contributed by atoms with Crippen molar-refractivity contribution in [3.8, 4) is 0 Å². The molecular weight excluding hydrogens is 378 g/mol. The van der Waals surface area contributed by atoms with Crippen molar-refractivity contribution in [1.82, 2.24) is 14.5 Å². The number of H-pyrrole nitrogens is 1. The van der Waals surface area contributed by atoms with Crippen LogP contribution in [0.15, 0.2) is 58.1 Å². The number of nitrogens with one attached hydrogen (secondary N) is 1. The second kappa shape index (κ2) is 7.54. The molecule has 1 saturated heterocycles. The number of likely N-dealkylation sites (tertiary alicyclic amines) is 1. The van der Waals surface area contributed by atoms with Crippen molar-refractivity contribution in [2.45, 2.75) is 25.0 Å². The summed E-state index contributed by atoms with van der Waals surface area (Å²) in [5.41, 5.74) is -0.0608. The van der Waals surface area contributed by atoms with Crippen LogP contribution < -0.4 is 11.2 Å². The summed E-state index contributed by atoms with van der Waals surface area (Å²) in [7, 11) is 0. The van der Waals surface area contributed by atoms with Crippen molar-refractivity contribution in [3.63, 3.8) is 0 Å². The van der Waals surface area contributed by atoms with Crippen LogP contribution in [0.4, 0.5) is 0 Å². The minimum atomic E-state index is -0.845. The fourth-order valence-electron chi connectivity index (χ4n) is 3.90. The molecule has 0 amide bonds. The van der Waals surface area contributed by atoms with E-state index in [0.29, 0.717) is 41.9 Å². The summed E-state index contributed by atoms with van der Waals surface area (Å²) in [6, 6.07) is 14.5. The molecule has 2 heterocycles. The van der Waals surface area contributed by atoms with Gasteiger partial charge in [0, 0.05) is 31.2 Å². The zero-order chi connectivity index (χ0) is 19.7. The lowest BCUT2D eigenvalue weighted by molar-refractivity contribution is -0.0264. The Kier molecular flexibility index (Phi) is 5.10. The van der Waals surface area contributed by atoms with E-state index < -0.39 is 11.3 Å². The summed E-state index contributed by atoms with van der Waals surface area (Å²) in [5.74, 6) is 0. The van der Waals surface area contributed by atoms with Crippen molar-refractivity contribution in [2.75, 3.05) is 19.6 Å². The molecule has 0 aliphatic carbocycles. The molecule has 0 atom stereocenters. The van der Waals surface area contributed by atoms with E-state index in [2.05, 4.69) is 9.88 Å². The SMILES string of the molecule is O=c1[nH]c(=O)n(CCN2CCC(O)(c3ccc(Cl)cc3)CC2)c2ccccc12. The van der Waals surface area contributed by atoms with Crippen molar-refractivity contribution >= 4 is 22.5 Å². The molecule has 0 radical (unpaired) electrons. The van der Waals surface area contributed by atoms with Crippen LogP contribution in [0.1, 0.15) is 18.4 Å². The monoisotopic (exact) mass is 399 g/mol. The molecule has 7 heteroatoms. The molecule has 1 fully saturated rings. The third-order valence-corrected chi connectivity index (χ3v) is 5.86. The Morgan fingerprint density at radius 2 is 1.68 bits per heavy atom. The maximum atomic E-state index is 12.3. The van der Waals surface area contributed by atoms with Crippen LogP contribution in [0.3, 0.4) is 0 Å². The Balaban J connectivity index is 1.45. The second-order valence-corrected chi connectivity index (χ2v) is 7.74. The lowest BCUT2D eigenvalue weighted by Gasteiger charge is -2.38. The molecule has 6 nitrogen and oxygen atoms in total. The number of piperidine rings is 1. The van der Waals surface area contributed by atoms with Crippen molar-refractivity contribution < 1.29 is 5.11 Å². The zero-order valence-electron chi connectivity index (χ0n) is 15.4. The van der Waals surface area contributed by atoms with E-state index in [9.17, 15) is 14.7 Å². The molecule has 1 aromatic heterocycles. The number of benzene rings is 2. The summed E-state index contributed by atoms with van der Waals surface area (Å²) in [6.45, 7) is 2.62. The fourth-order valence-corrected chi connectivity index (χ4v) is 4.03. The summed E-state index contributed by atoms with van der Waals surface area (Å²) in [5, 5.41) is 12.2. The maximum Gasteiger partial charge on any atom is 0.328 e. The zero-order valence-corrected chi connectivity index (χ0v) is 16.2. The van der Waals surface area contributed by atoms with Crippen molar-refractivity contribution in [2.24, 2.45) is 0 Å². The summed E-state index contributed by atoms with van der Waals surface area (Å²) >= 11 is 5.94. The van der Waals surface area contributed by atoms with E-state index in [4.69, 9.17) is 11.6 Å². The first-order valence-electron chi connectivity index (χ1n) is 9.39. The van der Waals surface area contributed by atoms with Gasteiger partial charge in [0.1, 0.15) is 0 Å². The number of nitrogens with zero attached hydrogens (tertiary/aromatic N) is 2. The van der Waals surface area contributed by atoms with Gasteiger partial charge in [0.25, 0.3) is 5.56 Å². The summed E-state index contributed by atoms with van der Waals surface area (Å²) in [6.07, 6.45) is 1.24. The molecule has 0 spiro atoms. The lowest BCUT2D eigenvalue weighted by Crippen LogP contribution is -2.44. The van der Waals surface area contributed by atoms with Crippen LogP contribution in [-0.4, -0.2) is 39.2 Å². The molecule has 1 aliphatic heterocycles. The van der Waals surface area contributed by atoms with Gasteiger partial charge in [-0.15, -0.1) is 0 Å². The van der Waals surface area contributed by atoms with Crippen LogP contribution in [-0.2, 0) is 12.1 Å². The number of halogens is 1. The van der Waals surface area contributed by atoms with Gasteiger partial charge in [-0.05, 0) is 42.7 Å². The van der Waals surface area contributed by atoms with Crippen LogP contribution in [0.5, 0.6) is 0 Å². The number of para-hydroxylation sites is 1. The molecule has 3 aromatic rings. The van der Waals surface area contributed by atoms with Gasteiger partial charge < -0.3 is 10.0 Å². The van der Waals surface area contributed by atoms with Gasteiger partial charge in [0.05, 0.1) is 16.5 Å². The predicted molar refractivity (Wildman–Crippen MR) is 110 cm³/mol. The van der Waals surface area contributed by atoms with E-state index >= 15 is 0 Å². The molecule has 0 saturated carbocycles. The molecule has 0 bridgehead atoms. The van der Waals surface area contributed by atoms with Crippen molar-refractivity contribution in [3.05, 3.63) is 80.0 Å². The average Bonchev–Trinajstić information content (AvgIpc) is 2.70. The normalized spacial score (nSPS) is 17.1. The van der Waals surface area contributed by atoms with Gasteiger partial charge in [0.15, 0.2) is 0 Å². The summed E-state index contributed by atoms with van der Waals surface area (Å²) in [4.78, 5) is 28.9. The van der Waals surface area contributed by atoms with Crippen LogP contribution in [0, 0.1) is 0 Å². The molecule has 146 valence electrons. The van der Waals surface area contributed by atoms with E-state index in [-0.39, 0.29) is 5.56 Å². The van der Waals surface area contributed by atoms with Gasteiger partial charge >= 0.3 is 5.69 Å². The minimum Gasteiger partial charge on any atom is -0.385 e. The molecule has 0 unspecified atom stereocenters. The molecule has 28 heavy (non-hydrogen) atoms. The highest BCUT2D eigenvalue weighted by Crippen LogP contribution is 2.33. The van der Waals surface area contributed by atoms with Gasteiger partial charge in [-0.3, -0.25) is 14.3 Å². The first-order valence-corrected chi connectivity index (χ1v) is 9.77. The number of aromatic amines is 1. The molecule has 4 rings (SSSR count). The maximum absolute atomic E-state index is 12.3. The number of aromatic nitrogens is 2. The average molecular weight is 400 g/mol. The highest BCUT2D eigenvalue weighted by atomic mass is 35.5. The van der Waals surface area contributed by atoms with E-state index in [1.54, 1.807) is 34.9 Å². The van der Waals surface area contributed by atoms with Gasteiger partial charge in [0.2, 0.25) is 0 Å². The van der Waals surface area contributed by atoms with Gasteiger partial charge in [-0.25, -0.2) is 4.79 Å². The number of rotatable bonds is 4. The van der Waals surface area contributed by atoms with E-state index in [0.717, 1.165) is 18.7 Å². The number of fused-ring (bicyclic) bond motifs is 1. The Morgan fingerprint density at radius 1 is 1.00 bits per heavy atom. The van der Waals surface area contributed by atoms with Gasteiger partial charge in [-0.1, -0.05) is 35.9 Å². The standard InChI is InChI=1S/C21H22ClN3O3/c22-16-7-5-15(6-8-16)21(28)9-11-24(12-10-21)13-14-25-18-4-2-1-3-17(18)19(26)23-20(25)27/h1-8,28H,9-14H2,(H,23,26,27). The lowest BCUT2D eigenvalue weighted by atomic mass is 9.84. The fraction of sp³-hybridized carbons (Fsp3) is 0.333. The first kappa shape index (κ1) is 18.9. The Hall–Kier alpha value is -2.41. The van der Waals surface area contributed by atoms with Crippen molar-refractivity contribution in [1.29, 1.82) is 0 Å². The minimum absolute atomic E-state index is 0.358. The quantitative estimate of drug-likeness (QED) is 0.705. The smallest absolute Gasteiger partial charge is 0.328 e. The third kappa shape index (κ3) is 3.63. The highest BCUT2D eigenvalue weighted by molar-refractivity contribution is 6.30. The number of aliphatic hydroxyl groups is 1. The third-order valence-electron chi connectivity index (χ3n) is 5.61. The van der Waals surface area contributed by atoms with Crippen LogP contribution >= 0.6 is 11.6 Å². The predicted octanol–water partition coefficient (Wildman–Crippen LogP) is 2.33. The Bertz CT molecular complexity index is 1100. The first-order chi connectivity index (χ1) is 13.5. The Labute approximate surface area is 167 Å². The Morgan fingerprint density at radius 3 is 2.39 bits per heavy atom. The number of hydrogen-bond donors (Lipinski definition) is 2. The highest BCUT2D eigenvalue weighted by Gasteiger charge is 2.33. The largest absolute Gasteiger partial charge is 0.385 e. The second-order valence-electron chi connectivity index (χ2n) is 7.31. The van der Waals surface area contributed by atoms with E-state index in [1.807, 2.05) is 18.2 Å². The molecular formula is C21H22ClN3O3.